The molecule has 0 bridgehead atoms. The molecule has 0 saturated carbocycles. The topological polar surface area (TPSA) is 29.5 Å². The van der Waals surface area contributed by atoms with Crippen molar-refractivity contribution in [3.63, 3.8) is 0 Å². The smallest absolute Gasteiger partial charge is 0.137 e. The quantitative estimate of drug-likeness (QED) is 0.173. The van der Waals surface area contributed by atoms with Gasteiger partial charge >= 0.3 is 0 Å². The molecule has 0 N–H and O–H groups in total. The summed E-state index contributed by atoms with van der Waals surface area (Å²) in [6, 6.07) is 71.0. The van der Waals surface area contributed by atoms with Crippen molar-refractivity contribution in [3.05, 3.63) is 200 Å². The fourth-order valence-electron chi connectivity index (χ4n) is 8.29. The average Bonchev–Trinajstić information content (AvgIpc) is 3.82. The number of rotatable bonds is 6. The third kappa shape index (κ3) is 5.20. The largest absolute Gasteiger partial charge is 0.456 e. The number of para-hydroxylation sites is 2. The molecule has 0 amide bonds. The van der Waals surface area contributed by atoms with Gasteiger partial charge in [-0.1, -0.05) is 146 Å². The van der Waals surface area contributed by atoms with Gasteiger partial charge < -0.3 is 13.7 Å². The molecule has 0 spiro atoms. The normalized spacial score (nSPS) is 11.6. The zero-order valence-corrected chi connectivity index (χ0v) is 29.8. The molecule has 0 atom stereocenters. The molecule has 0 unspecified atom stereocenters. The van der Waals surface area contributed by atoms with Gasteiger partial charge in [-0.2, -0.15) is 0 Å². The van der Waals surface area contributed by atoms with Crippen molar-refractivity contribution in [1.82, 2.24) is 0 Å². The van der Waals surface area contributed by atoms with E-state index < -0.39 is 0 Å². The van der Waals surface area contributed by atoms with Crippen LogP contribution in [0.2, 0.25) is 0 Å². The fraction of sp³-hybridized carbons (Fsp3) is 0. The van der Waals surface area contributed by atoms with Crippen LogP contribution in [-0.2, 0) is 0 Å². The van der Waals surface area contributed by atoms with Crippen LogP contribution in [0.4, 0.5) is 17.1 Å². The van der Waals surface area contributed by atoms with Gasteiger partial charge in [-0.3, -0.25) is 0 Å². The molecule has 0 aliphatic carbocycles. The second-order valence-corrected chi connectivity index (χ2v) is 14.1. The van der Waals surface area contributed by atoms with Crippen LogP contribution in [0.15, 0.2) is 209 Å². The molecule has 0 fully saturated rings. The van der Waals surface area contributed by atoms with Gasteiger partial charge in [-0.05, 0) is 87.1 Å². The maximum Gasteiger partial charge on any atom is 0.137 e. The van der Waals surface area contributed by atoms with Crippen molar-refractivity contribution in [1.29, 1.82) is 0 Å². The van der Waals surface area contributed by atoms with Crippen LogP contribution >= 0.6 is 0 Å². The summed E-state index contributed by atoms with van der Waals surface area (Å²) in [5, 5.41) is 6.85. The Morgan fingerprint density at radius 2 is 0.909 bits per heavy atom. The van der Waals surface area contributed by atoms with Crippen molar-refractivity contribution in [2.24, 2.45) is 0 Å². The summed E-state index contributed by atoms with van der Waals surface area (Å²) in [7, 11) is 0. The predicted molar refractivity (Wildman–Crippen MR) is 229 cm³/mol. The Bertz CT molecular complexity index is 3180. The van der Waals surface area contributed by atoms with E-state index in [9.17, 15) is 0 Å². The number of hydrogen-bond acceptors (Lipinski definition) is 3. The van der Waals surface area contributed by atoms with Gasteiger partial charge in [0.15, 0.2) is 0 Å². The third-order valence-corrected chi connectivity index (χ3v) is 10.9. The van der Waals surface area contributed by atoms with E-state index in [0.717, 1.165) is 77.6 Å². The van der Waals surface area contributed by atoms with Gasteiger partial charge in [0.25, 0.3) is 0 Å². The minimum absolute atomic E-state index is 0.848. The first-order valence-electron chi connectivity index (χ1n) is 18.7. The molecular weight excluding hydrogens is 671 g/mol. The lowest BCUT2D eigenvalue weighted by atomic mass is 9.93. The van der Waals surface area contributed by atoms with Crippen LogP contribution in [0.1, 0.15) is 0 Å². The van der Waals surface area contributed by atoms with Crippen LogP contribution in [0.5, 0.6) is 0 Å². The van der Waals surface area contributed by atoms with Crippen LogP contribution in [-0.4, -0.2) is 0 Å². The van der Waals surface area contributed by atoms with Crippen molar-refractivity contribution >= 4 is 71.7 Å². The van der Waals surface area contributed by atoms with E-state index in [2.05, 4.69) is 187 Å². The van der Waals surface area contributed by atoms with Crippen molar-refractivity contribution in [2.45, 2.75) is 0 Å². The van der Waals surface area contributed by atoms with Crippen LogP contribution in [0, 0.1) is 0 Å². The average molecular weight is 704 g/mol. The van der Waals surface area contributed by atoms with Crippen molar-refractivity contribution in [3.8, 4) is 33.4 Å². The monoisotopic (exact) mass is 703 g/mol. The first-order valence-corrected chi connectivity index (χ1v) is 18.7. The molecule has 11 aromatic rings. The maximum atomic E-state index is 6.52. The maximum absolute atomic E-state index is 6.52. The second kappa shape index (κ2) is 12.6. The highest BCUT2D eigenvalue weighted by molar-refractivity contribution is 6.17. The predicted octanol–water partition coefficient (Wildman–Crippen LogP) is 15.1. The fourth-order valence-corrected chi connectivity index (χ4v) is 8.29. The van der Waals surface area contributed by atoms with Crippen LogP contribution < -0.4 is 4.90 Å². The van der Waals surface area contributed by atoms with E-state index in [1.54, 1.807) is 0 Å². The highest BCUT2D eigenvalue weighted by atomic mass is 16.3. The Hall–Kier alpha value is -7.36. The molecule has 0 saturated heterocycles. The lowest BCUT2D eigenvalue weighted by molar-refractivity contribution is 0.668. The van der Waals surface area contributed by atoms with Gasteiger partial charge in [-0.15, -0.1) is 0 Å². The summed E-state index contributed by atoms with van der Waals surface area (Å²) in [5.74, 6) is 0. The first-order chi connectivity index (χ1) is 27.3. The molecule has 9 aromatic carbocycles. The van der Waals surface area contributed by atoms with E-state index >= 15 is 0 Å². The minimum Gasteiger partial charge on any atom is -0.456 e. The minimum atomic E-state index is 0.848. The zero-order valence-electron chi connectivity index (χ0n) is 29.8. The van der Waals surface area contributed by atoms with Crippen molar-refractivity contribution in [2.75, 3.05) is 4.90 Å². The summed E-state index contributed by atoms with van der Waals surface area (Å²) in [6.07, 6.45) is 0. The van der Waals surface area contributed by atoms with Gasteiger partial charge in [0.05, 0.1) is 5.69 Å². The molecule has 2 heterocycles. The van der Waals surface area contributed by atoms with E-state index in [1.807, 2.05) is 18.2 Å². The number of fused-ring (bicyclic) bond motifs is 7. The molecular formula is C52H33NO2. The van der Waals surface area contributed by atoms with Gasteiger partial charge in [0.2, 0.25) is 0 Å². The number of anilines is 3. The van der Waals surface area contributed by atoms with Crippen molar-refractivity contribution < 1.29 is 8.83 Å². The van der Waals surface area contributed by atoms with Gasteiger partial charge in [0, 0.05) is 44.5 Å². The summed E-state index contributed by atoms with van der Waals surface area (Å²) in [6.45, 7) is 0. The number of hydrogen-bond donors (Lipinski definition) is 0. The summed E-state index contributed by atoms with van der Waals surface area (Å²) in [4.78, 5) is 2.36. The lowest BCUT2D eigenvalue weighted by Crippen LogP contribution is -2.11. The van der Waals surface area contributed by atoms with E-state index in [1.165, 1.54) is 27.5 Å². The zero-order chi connectivity index (χ0) is 36.3. The molecule has 3 nitrogen and oxygen atoms in total. The SMILES string of the molecule is c1ccc(-c2ccc(N(c3ccc4c(c3)oc3ccccc34)c3ccc4oc5ccccc5c4c3-c3ccc(-c4cccc5ccccc45)cc3)cc2)cc1. The Morgan fingerprint density at radius 1 is 0.327 bits per heavy atom. The summed E-state index contributed by atoms with van der Waals surface area (Å²) < 4.78 is 13.0. The summed E-state index contributed by atoms with van der Waals surface area (Å²) >= 11 is 0. The number of benzene rings is 9. The molecule has 3 heteroatoms. The van der Waals surface area contributed by atoms with Crippen LogP contribution in [0.3, 0.4) is 0 Å². The highest BCUT2D eigenvalue weighted by Crippen LogP contribution is 2.48. The Labute approximate surface area is 317 Å². The molecule has 2 aromatic heterocycles. The number of nitrogens with zero attached hydrogens (tertiary/aromatic N) is 1. The molecule has 11 rings (SSSR count). The molecule has 0 aliphatic heterocycles. The van der Waals surface area contributed by atoms with Gasteiger partial charge in [0.1, 0.15) is 22.3 Å². The number of furan rings is 2. The van der Waals surface area contributed by atoms with Gasteiger partial charge in [-0.25, -0.2) is 0 Å². The van der Waals surface area contributed by atoms with Crippen LogP contribution in [0.25, 0.3) is 88.0 Å². The molecule has 55 heavy (non-hydrogen) atoms. The third-order valence-electron chi connectivity index (χ3n) is 10.9. The Balaban J connectivity index is 1.15. The van der Waals surface area contributed by atoms with E-state index in [4.69, 9.17) is 8.83 Å². The first kappa shape index (κ1) is 31.2. The Kier molecular flexibility index (Phi) is 7.17. The highest BCUT2D eigenvalue weighted by Gasteiger charge is 2.24. The van der Waals surface area contributed by atoms with E-state index in [0.29, 0.717) is 0 Å². The summed E-state index contributed by atoms with van der Waals surface area (Å²) in [5.41, 5.74) is 13.5. The second-order valence-electron chi connectivity index (χ2n) is 14.1. The molecule has 258 valence electrons. The Morgan fingerprint density at radius 3 is 1.73 bits per heavy atom. The molecule has 0 aliphatic rings. The molecule has 0 radical (unpaired) electrons. The lowest BCUT2D eigenvalue weighted by Gasteiger charge is -2.28. The standard InChI is InChI=1S/C52H33NO2/c1-2-11-34(12-3-1)35-25-27-39(28-26-35)53(40-29-30-44-43-16-6-8-19-47(43)55-50(44)33-40)46-31-32-49-52(45-17-7-9-20-48(45)54-49)51(46)38-23-21-37(22-24-38)42-18-10-14-36-13-4-5-15-41(36)42/h1-33H. The van der Waals surface area contributed by atoms with E-state index in [-0.39, 0.29) is 0 Å².